The molecule has 1 N–H and O–H groups in total. The van der Waals surface area contributed by atoms with E-state index in [9.17, 15) is 4.39 Å². The summed E-state index contributed by atoms with van der Waals surface area (Å²) in [6.07, 6.45) is 0. The van der Waals surface area contributed by atoms with Gasteiger partial charge in [-0.05, 0) is 14.1 Å². The molecule has 0 aliphatic carbocycles. The summed E-state index contributed by atoms with van der Waals surface area (Å²) in [6, 6.07) is 0. The minimum absolute atomic E-state index is 0.266. The van der Waals surface area contributed by atoms with Crippen LogP contribution in [0.5, 0.6) is 0 Å². The SMILES string of the molecule is CN(C)CCN(C)c1nn[nH]c1F. The molecule has 0 saturated heterocycles. The second-order valence-electron chi connectivity index (χ2n) is 3.17. The maximum absolute atomic E-state index is 12.9. The van der Waals surface area contributed by atoms with Crippen molar-refractivity contribution in [2.24, 2.45) is 0 Å². The van der Waals surface area contributed by atoms with Gasteiger partial charge in [0.2, 0.25) is 5.82 Å². The first kappa shape index (κ1) is 9.91. The highest BCUT2D eigenvalue weighted by Gasteiger charge is 2.10. The van der Waals surface area contributed by atoms with Gasteiger partial charge in [-0.2, -0.15) is 4.39 Å². The number of hydrogen-bond acceptors (Lipinski definition) is 4. The van der Waals surface area contributed by atoms with E-state index in [1.165, 1.54) is 0 Å². The summed E-state index contributed by atoms with van der Waals surface area (Å²) in [4.78, 5) is 3.74. The van der Waals surface area contributed by atoms with Gasteiger partial charge in [-0.25, -0.2) is 5.10 Å². The van der Waals surface area contributed by atoms with Crippen molar-refractivity contribution in [2.45, 2.75) is 0 Å². The second-order valence-corrected chi connectivity index (χ2v) is 3.17. The fraction of sp³-hybridized carbons (Fsp3) is 0.714. The lowest BCUT2D eigenvalue weighted by molar-refractivity contribution is 0.415. The van der Waals surface area contributed by atoms with Crippen LogP contribution < -0.4 is 4.90 Å². The number of hydrogen-bond donors (Lipinski definition) is 1. The van der Waals surface area contributed by atoms with Gasteiger partial charge in [-0.15, -0.1) is 5.10 Å². The molecule has 0 spiro atoms. The lowest BCUT2D eigenvalue weighted by Crippen LogP contribution is -2.29. The Bertz CT molecular complexity index is 259. The first-order valence-electron chi connectivity index (χ1n) is 4.03. The number of halogens is 1. The standard InChI is InChI=1S/C7H14FN5/c1-12(2)4-5-13(3)7-6(8)9-11-10-7/h4-5H2,1-3H3,(H,9,10,11). The quantitative estimate of drug-likeness (QED) is 0.717. The molecule has 0 atom stereocenters. The number of H-pyrrole nitrogens is 1. The zero-order valence-corrected chi connectivity index (χ0v) is 8.08. The van der Waals surface area contributed by atoms with Crippen molar-refractivity contribution < 1.29 is 4.39 Å². The molecule has 0 aliphatic rings. The van der Waals surface area contributed by atoms with Crippen LogP contribution in [0, 0.1) is 5.95 Å². The molecule has 5 nitrogen and oxygen atoms in total. The van der Waals surface area contributed by atoms with E-state index in [0.29, 0.717) is 0 Å². The van der Waals surface area contributed by atoms with Crippen molar-refractivity contribution in [1.29, 1.82) is 0 Å². The number of nitrogens with zero attached hydrogens (tertiary/aromatic N) is 4. The van der Waals surface area contributed by atoms with Crippen LogP contribution in [0.4, 0.5) is 10.2 Å². The monoisotopic (exact) mass is 187 g/mol. The van der Waals surface area contributed by atoms with Gasteiger partial charge < -0.3 is 9.80 Å². The normalized spacial score (nSPS) is 10.8. The van der Waals surface area contributed by atoms with Gasteiger partial charge in [0.15, 0.2) is 0 Å². The first-order valence-corrected chi connectivity index (χ1v) is 4.03. The van der Waals surface area contributed by atoms with Crippen molar-refractivity contribution >= 4 is 5.82 Å². The zero-order chi connectivity index (χ0) is 9.84. The Balaban J connectivity index is 2.49. The molecule has 6 heteroatoms. The highest BCUT2D eigenvalue weighted by molar-refractivity contribution is 5.34. The molecule has 0 unspecified atom stereocenters. The largest absolute Gasteiger partial charge is 0.353 e. The summed E-state index contributed by atoms with van der Waals surface area (Å²) in [5, 5.41) is 9.14. The van der Waals surface area contributed by atoms with Crippen LogP contribution in [0.2, 0.25) is 0 Å². The van der Waals surface area contributed by atoms with Crippen molar-refractivity contribution in [1.82, 2.24) is 20.3 Å². The van der Waals surface area contributed by atoms with E-state index in [1.54, 1.807) is 11.9 Å². The molecular formula is C7H14FN5. The number of aromatic amines is 1. The van der Waals surface area contributed by atoms with E-state index in [4.69, 9.17) is 0 Å². The molecule has 0 radical (unpaired) electrons. The average Bonchev–Trinajstić information content (AvgIpc) is 2.47. The summed E-state index contributed by atoms with van der Waals surface area (Å²) in [7, 11) is 5.71. The van der Waals surface area contributed by atoms with Crippen molar-refractivity contribution in [2.75, 3.05) is 39.1 Å². The van der Waals surface area contributed by atoms with E-state index in [-0.39, 0.29) is 5.82 Å². The molecule has 1 rings (SSSR count). The second kappa shape index (κ2) is 4.18. The molecule has 0 saturated carbocycles. The predicted octanol–water partition coefficient (Wildman–Crippen LogP) is -0.0584. The Morgan fingerprint density at radius 3 is 2.46 bits per heavy atom. The fourth-order valence-corrected chi connectivity index (χ4v) is 0.910. The average molecular weight is 187 g/mol. The number of likely N-dealkylation sites (N-methyl/N-ethyl adjacent to an activating group) is 2. The molecule has 0 aromatic carbocycles. The van der Waals surface area contributed by atoms with E-state index in [1.807, 2.05) is 19.0 Å². The molecule has 1 aromatic heterocycles. The van der Waals surface area contributed by atoms with E-state index >= 15 is 0 Å². The fourth-order valence-electron chi connectivity index (χ4n) is 0.910. The van der Waals surface area contributed by atoms with Gasteiger partial charge in [-0.3, -0.25) is 0 Å². The summed E-state index contributed by atoms with van der Waals surface area (Å²) in [5.41, 5.74) is 0. The van der Waals surface area contributed by atoms with E-state index in [2.05, 4.69) is 15.4 Å². The van der Waals surface area contributed by atoms with Crippen LogP contribution in [-0.2, 0) is 0 Å². The van der Waals surface area contributed by atoms with Gasteiger partial charge >= 0.3 is 0 Å². The topological polar surface area (TPSA) is 48.1 Å². The van der Waals surface area contributed by atoms with Gasteiger partial charge in [0.1, 0.15) is 0 Å². The van der Waals surface area contributed by atoms with Crippen LogP contribution in [-0.4, -0.2) is 54.5 Å². The number of nitrogens with one attached hydrogen (secondary N) is 1. The molecule has 1 aromatic rings. The van der Waals surface area contributed by atoms with Crippen LogP contribution >= 0.6 is 0 Å². The lowest BCUT2D eigenvalue weighted by atomic mass is 10.5. The molecule has 13 heavy (non-hydrogen) atoms. The third kappa shape index (κ3) is 2.66. The Hall–Kier alpha value is -1.17. The Morgan fingerprint density at radius 2 is 2.00 bits per heavy atom. The number of aromatic nitrogens is 3. The Morgan fingerprint density at radius 1 is 1.31 bits per heavy atom. The third-order valence-corrected chi connectivity index (χ3v) is 1.73. The van der Waals surface area contributed by atoms with E-state index in [0.717, 1.165) is 13.1 Å². The summed E-state index contributed by atoms with van der Waals surface area (Å²) >= 11 is 0. The minimum atomic E-state index is -0.485. The van der Waals surface area contributed by atoms with Crippen molar-refractivity contribution in [3.05, 3.63) is 5.95 Å². The van der Waals surface area contributed by atoms with Crippen LogP contribution in [0.3, 0.4) is 0 Å². The zero-order valence-electron chi connectivity index (χ0n) is 8.08. The van der Waals surface area contributed by atoms with Crippen LogP contribution in [0.25, 0.3) is 0 Å². The van der Waals surface area contributed by atoms with E-state index < -0.39 is 5.95 Å². The maximum Gasteiger partial charge on any atom is 0.253 e. The smallest absolute Gasteiger partial charge is 0.253 e. The molecule has 1 heterocycles. The van der Waals surface area contributed by atoms with Gasteiger partial charge in [0.25, 0.3) is 5.95 Å². The Labute approximate surface area is 76.5 Å². The third-order valence-electron chi connectivity index (χ3n) is 1.73. The molecule has 0 fully saturated rings. The molecule has 0 aliphatic heterocycles. The summed E-state index contributed by atoms with van der Waals surface area (Å²) in [6.45, 7) is 1.57. The van der Waals surface area contributed by atoms with Gasteiger partial charge in [0, 0.05) is 20.1 Å². The number of anilines is 1. The minimum Gasteiger partial charge on any atom is -0.353 e. The van der Waals surface area contributed by atoms with Crippen LogP contribution in [0.1, 0.15) is 0 Å². The molecular weight excluding hydrogens is 173 g/mol. The summed E-state index contributed by atoms with van der Waals surface area (Å²) < 4.78 is 12.9. The van der Waals surface area contributed by atoms with Crippen molar-refractivity contribution in [3.63, 3.8) is 0 Å². The van der Waals surface area contributed by atoms with Crippen LogP contribution in [0.15, 0.2) is 0 Å². The lowest BCUT2D eigenvalue weighted by Gasteiger charge is -2.18. The van der Waals surface area contributed by atoms with Gasteiger partial charge in [-0.1, -0.05) is 5.21 Å². The maximum atomic E-state index is 12.9. The predicted molar refractivity (Wildman–Crippen MR) is 48.2 cm³/mol. The molecule has 0 bridgehead atoms. The highest BCUT2D eigenvalue weighted by atomic mass is 19.1. The molecule has 74 valence electrons. The number of rotatable bonds is 4. The van der Waals surface area contributed by atoms with Crippen molar-refractivity contribution in [3.8, 4) is 0 Å². The summed E-state index contributed by atoms with van der Waals surface area (Å²) in [5.74, 6) is -0.219. The Kier molecular flexibility index (Phi) is 3.18. The van der Waals surface area contributed by atoms with Gasteiger partial charge in [0.05, 0.1) is 0 Å². The first-order chi connectivity index (χ1) is 6.11. The molecule has 0 amide bonds. The highest BCUT2D eigenvalue weighted by Crippen LogP contribution is 2.09.